The molecular weight excluding hydrogens is 244 g/mol. The summed E-state index contributed by atoms with van der Waals surface area (Å²) < 4.78 is 0. The molecule has 1 saturated heterocycles. The van der Waals surface area contributed by atoms with Gasteiger partial charge in [-0.15, -0.1) is 0 Å². The molecule has 2 rings (SSSR count). The van der Waals surface area contributed by atoms with Gasteiger partial charge in [0.25, 0.3) is 0 Å². The maximum atomic E-state index is 3.76. The fourth-order valence-electron chi connectivity index (χ4n) is 4.30. The van der Waals surface area contributed by atoms with Crippen LogP contribution in [0.3, 0.4) is 0 Å². The summed E-state index contributed by atoms with van der Waals surface area (Å²) in [6.45, 7) is 12.1. The zero-order valence-electron chi connectivity index (χ0n) is 14.1. The molecule has 0 aromatic rings. The van der Waals surface area contributed by atoms with E-state index in [9.17, 15) is 0 Å². The Morgan fingerprint density at radius 2 is 1.90 bits per heavy atom. The zero-order valence-corrected chi connectivity index (χ0v) is 14.1. The predicted molar refractivity (Wildman–Crippen MR) is 88.1 cm³/mol. The van der Waals surface area contributed by atoms with Crippen LogP contribution in [-0.2, 0) is 0 Å². The van der Waals surface area contributed by atoms with Crippen LogP contribution in [0.4, 0.5) is 0 Å². The zero-order chi connectivity index (χ0) is 14.4. The van der Waals surface area contributed by atoms with Gasteiger partial charge in [-0.05, 0) is 56.5 Å². The van der Waals surface area contributed by atoms with Gasteiger partial charge in [0.1, 0.15) is 0 Å². The van der Waals surface area contributed by atoms with Crippen LogP contribution < -0.4 is 5.32 Å². The van der Waals surface area contributed by atoms with E-state index in [2.05, 4.69) is 31.0 Å². The van der Waals surface area contributed by atoms with Crippen LogP contribution in [0, 0.1) is 11.3 Å². The third-order valence-corrected chi connectivity index (χ3v) is 5.48. The van der Waals surface area contributed by atoms with Gasteiger partial charge >= 0.3 is 0 Å². The van der Waals surface area contributed by atoms with Crippen molar-refractivity contribution in [2.24, 2.45) is 11.3 Å². The number of nitrogens with one attached hydrogen (secondary N) is 1. The lowest BCUT2D eigenvalue weighted by molar-refractivity contribution is 0.0785. The molecule has 2 fully saturated rings. The Balaban J connectivity index is 1.90. The summed E-state index contributed by atoms with van der Waals surface area (Å²) in [5.74, 6) is 0.770. The Morgan fingerprint density at radius 1 is 1.15 bits per heavy atom. The number of likely N-dealkylation sites (tertiary alicyclic amines) is 1. The Bertz CT molecular complexity index is 269. The Kier molecular flexibility index (Phi) is 6.35. The Morgan fingerprint density at radius 3 is 2.55 bits per heavy atom. The van der Waals surface area contributed by atoms with Crippen LogP contribution in [0.2, 0.25) is 0 Å². The first-order chi connectivity index (χ1) is 9.65. The monoisotopic (exact) mass is 280 g/mol. The summed E-state index contributed by atoms with van der Waals surface area (Å²) >= 11 is 0. The van der Waals surface area contributed by atoms with Gasteiger partial charge in [0, 0.05) is 19.1 Å². The van der Waals surface area contributed by atoms with Crippen LogP contribution in [0.25, 0.3) is 0 Å². The highest BCUT2D eigenvalue weighted by Crippen LogP contribution is 2.39. The first-order valence-electron chi connectivity index (χ1n) is 9.10. The SMILES string of the molecule is CCC1CCCCN1CC1(CNCC(C)C)CCCC1. The van der Waals surface area contributed by atoms with Crippen molar-refractivity contribution in [1.82, 2.24) is 10.2 Å². The van der Waals surface area contributed by atoms with Gasteiger partial charge in [-0.2, -0.15) is 0 Å². The van der Waals surface area contributed by atoms with Crippen molar-refractivity contribution in [3.63, 3.8) is 0 Å². The highest BCUT2D eigenvalue weighted by molar-refractivity contribution is 4.91. The van der Waals surface area contributed by atoms with E-state index in [4.69, 9.17) is 0 Å². The van der Waals surface area contributed by atoms with E-state index in [-0.39, 0.29) is 0 Å². The molecule has 0 bridgehead atoms. The third kappa shape index (κ3) is 4.46. The van der Waals surface area contributed by atoms with E-state index in [1.54, 1.807) is 0 Å². The molecule has 1 N–H and O–H groups in total. The molecule has 2 heteroatoms. The first-order valence-corrected chi connectivity index (χ1v) is 9.10. The summed E-state index contributed by atoms with van der Waals surface area (Å²) in [6, 6.07) is 0.867. The lowest BCUT2D eigenvalue weighted by atomic mass is 9.83. The maximum absolute atomic E-state index is 3.76. The van der Waals surface area contributed by atoms with Crippen LogP contribution in [0.5, 0.6) is 0 Å². The normalized spacial score (nSPS) is 27.3. The van der Waals surface area contributed by atoms with Crippen LogP contribution in [-0.4, -0.2) is 37.1 Å². The van der Waals surface area contributed by atoms with Gasteiger partial charge in [-0.3, -0.25) is 4.90 Å². The van der Waals surface area contributed by atoms with E-state index in [0.29, 0.717) is 5.41 Å². The largest absolute Gasteiger partial charge is 0.316 e. The van der Waals surface area contributed by atoms with Crippen molar-refractivity contribution >= 4 is 0 Å². The van der Waals surface area contributed by atoms with Gasteiger partial charge in [0.05, 0.1) is 0 Å². The number of nitrogens with zero attached hydrogens (tertiary/aromatic N) is 1. The lowest BCUT2D eigenvalue weighted by Gasteiger charge is -2.42. The van der Waals surface area contributed by atoms with Crippen LogP contribution in [0.15, 0.2) is 0 Å². The molecule has 20 heavy (non-hydrogen) atoms. The average molecular weight is 281 g/mol. The number of rotatable bonds is 7. The molecule has 0 amide bonds. The molecule has 0 radical (unpaired) electrons. The van der Waals surface area contributed by atoms with E-state index in [1.807, 2.05) is 0 Å². The quantitative estimate of drug-likeness (QED) is 0.756. The molecule has 1 aliphatic heterocycles. The fourth-order valence-corrected chi connectivity index (χ4v) is 4.30. The van der Waals surface area contributed by atoms with E-state index < -0.39 is 0 Å². The Labute approximate surface area is 126 Å². The molecular formula is C18H36N2. The second-order valence-electron chi connectivity index (χ2n) is 7.76. The first kappa shape index (κ1) is 16.3. The molecule has 2 aliphatic rings. The molecule has 1 unspecified atom stereocenters. The molecule has 1 atom stereocenters. The Hall–Kier alpha value is -0.0800. The van der Waals surface area contributed by atoms with Crippen molar-refractivity contribution in [3.8, 4) is 0 Å². The smallest absolute Gasteiger partial charge is 0.00928 e. The lowest BCUT2D eigenvalue weighted by Crippen LogP contribution is -2.48. The molecule has 1 aliphatic carbocycles. The van der Waals surface area contributed by atoms with E-state index in [0.717, 1.165) is 12.0 Å². The van der Waals surface area contributed by atoms with Gasteiger partial charge in [0.15, 0.2) is 0 Å². The van der Waals surface area contributed by atoms with Gasteiger partial charge in [-0.25, -0.2) is 0 Å². The average Bonchev–Trinajstić information content (AvgIpc) is 2.87. The van der Waals surface area contributed by atoms with E-state index in [1.165, 1.54) is 77.5 Å². The highest BCUT2D eigenvalue weighted by atomic mass is 15.2. The molecule has 0 aromatic heterocycles. The highest BCUT2D eigenvalue weighted by Gasteiger charge is 2.37. The summed E-state index contributed by atoms with van der Waals surface area (Å²) in [5.41, 5.74) is 0.583. The number of piperidine rings is 1. The molecule has 1 heterocycles. The van der Waals surface area contributed by atoms with Gasteiger partial charge < -0.3 is 5.32 Å². The summed E-state index contributed by atoms with van der Waals surface area (Å²) in [4.78, 5) is 2.84. The van der Waals surface area contributed by atoms with Gasteiger partial charge in [0.2, 0.25) is 0 Å². The minimum Gasteiger partial charge on any atom is -0.316 e. The maximum Gasteiger partial charge on any atom is 0.00928 e. The second kappa shape index (κ2) is 7.79. The number of hydrogen-bond donors (Lipinski definition) is 1. The second-order valence-corrected chi connectivity index (χ2v) is 7.76. The van der Waals surface area contributed by atoms with Gasteiger partial charge in [-0.1, -0.05) is 40.0 Å². The van der Waals surface area contributed by atoms with Crippen molar-refractivity contribution in [1.29, 1.82) is 0 Å². The minimum atomic E-state index is 0.583. The molecule has 0 aromatic carbocycles. The fraction of sp³-hybridized carbons (Fsp3) is 1.00. The summed E-state index contributed by atoms with van der Waals surface area (Å²) in [6.07, 6.45) is 11.5. The predicted octanol–water partition coefficient (Wildman–Crippen LogP) is 4.06. The van der Waals surface area contributed by atoms with Crippen LogP contribution in [0.1, 0.15) is 72.1 Å². The van der Waals surface area contributed by atoms with Crippen molar-refractivity contribution in [2.75, 3.05) is 26.2 Å². The topological polar surface area (TPSA) is 15.3 Å². The van der Waals surface area contributed by atoms with E-state index >= 15 is 0 Å². The van der Waals surface area contributed by atoms with Crippen molar-refractivity contribution in [3.05, 3.63) is 0 Å². The molecule has 118 valence electrons. The molecule has 1 saturated carbocycles. The van der Waals surface area contributed by atoms with Crippen molar-refractivity contribution in [2.45, 2.75) is 78.2 Å². The molecule has 2 nitrogen and oxygen atoms in total. The summed E-state index contributed by atoms with van der Waals surface area (Å²) in [7, 11) is 0. The van der Waals surface area contributed by atoms with Crippen molar-refractivity contribution < 1.29 is 0 Å². The van der Waals surface area contributed by atoms with Crippen LogP contribution >= 0.6 is 0 Å². The standard InChI is InChI=1S/C18H36N2/c1-4-17-9-5-8-12-20(17)15-18(10-6-7-11-18)14-19-13-16(2)3/h16-17,19H,4-15H2,1-3H3. The third-order valence-electron chi connectivity index (χ3n) is 5.48. The number of hydrogen-bond acceptors (Lipinski definition) is 2. The minimum absolute atomic E-state index is 0.583. The molecule has 0 spiro atoms. The summed E-state index contributed by atoms with van der Waals surface area (Å²) in [5, 5.41) is 3.76.